The van der Waals surface area contributed by atoms with Crippen LogP contribution in [-0.2, 0) is 13.0 Å². The summed E-state index contributed by atoms with van der Waals surface area (Å²) in [5.41, 5.74) is 2.07. The van der Waals surface area contributed by atoms with Crippen molar-refractivity contribution < 1.29 is 4.42 Å². The number of fused-ring (bicyclic) bond motifs is 1. The lowest BCUT2D eigenvalue weighted by atomic mass is 10.3. The summed E-state index contributed by atoms with van der Waals surface area (Å²) in [4.78, 5) is 4.89. The van der Waals surface area contributed by atoms with Gasteiger partial charge in [0.05, 0.1) is 11.0 Å². The summed E-state index contributed by atoms with van der Waals surface area (Å²) in [6.45, 7) is 2.62. The van der Waals surface area contributed by atoms with Crippen LogP contribution in [-0.4, -0.2) is 19.7 Å². The summed E-state index contributed by atoms with van der Waals surface area (Å²) in [6.07, 6.45) is 0.861. The van der Waals surface area contributed by atoms with Crippen molar-refractivity contribution in [3.8, 4) is 0 Å². The van der Waals surface area contributed by atoms with Gasteiger partial charge in [-0.05, 0) is 24.4 Å². The molecule has 1 N–H and O–H groups in total. The summed E-state index contributed by atoms with van der Waals surface area (Å²) >= 11 is 4.88. The molecule has 1 aromatic carbocycles. The Morgan fingerprint density at radius 2 is 2.22 bits per heavy atom. The van der Waals surface area contributed by atoms with Crippen molar-refractivity contribution in [3.05, 3.63) is 40.8 Å². The maximum absolute atomic E-state index is 5.30. The van der Waals surface area contributed by atoms with E-state index < -0.39 is 0 Å². The number of nitrogens with zero attached hydrogens (tertiary/aromatic N) is 3. The number of H-pyrrole nitrogens is 1. The first-order valence-corrected chi connectivity index (χ1v) is 6.17. The molecule has 2 heterocycles. The van der Waals surface area contributed by atoms with Gasteiger partial charge in [-0.15, -0.1) is 5.10 Å². The van der Waals surface area contributed by atoms with Gasteiger partial charge >= 0.3 is 0 Å². The minimum atomic E-state index is 0.299. The number of nitrogens with one attached hydrogen (secondary N) is 1. The number of para-hydroxylation sites is 2. The fourth-order valence-electron chi connectivity index (χ4n) is 2.04. The highest BCUT2D eigenvalue weighted by molar-refractivity contribution is 7.71. The SMILES string of the molecule is CCc1nc2ccccc2n1Cc1n[nH]c(=S)o1. The first kappa shape index (κ1) is 11.2. The van der Waals surface area contributed by atoms with Crippen LogP contribution in [0.1, 0.15) is 18.6 Å². The maximum atomic E-state index is 5.30. The van der Waals surface area contributed by atoms with Crippen LogP contribution in [0.2, 0.25) is 0 Å². The lowest BCUT2D eigenvalue weighted by molar-refractivity contribution is 0.465. The fourth-order valence-corrected chi connectivity index (χ4v) is 2.18. The lowest BCUT2D eigenvalue weighted by Gasteiger charge is -2.04. The molecule has 0 unspecified atom stereocenters. The Kier molecular flexibility index (Phi) is 2.71. The highest BCUT2D eigenvalue weighted by Crippen LogP contribution is 2.17. The highest BCUT2D eigenvalue weighted by Gasteiger charge is 2.11. The molecule has 3 rings (SSSR count). The van der Waals surface area contributed by atoms with E-state index in [0.29, 0.717) is 17.3 Å². The second-order valence-corrected chi connectivity index (χ2v) is 4.33. The normalized spacial score (nSPS) is 11.2. The monoisotopic (exact) mass is 260 g/mol. The number of aromatic nitrogens is 4. The van der Waals surface area contributed by atoms with Gasteiger partial charge in [0.15, 0.2) is 0 Å². The Hall–Kier alpha value is -1.95. The van der Waals surface area contributed by atoms with E-state index in [2.05, 4.69) is 26.7 Å². The van der Waals surface area contributed by atoms with E-state index in [1.54, 1.807) is 0 Å². The van der Waals surface area contributed by atoms with Crippen molar-refractivity contribution in [2.45, 2.75) is 19.9 Å². The second kappa shape index (κ2) is 4.38. The molecule has 0 aliphatic carbocycles. The van der Waals surface area contributed by atoms with E-state index in [0.717, 1.165) is 23.3 Å². The van der Waals surface area contributed by atoms with Gasteiger partial charge in [-0.2, -0.15) is 0 Å². The van der Waals surface area contributed by atoms with Gasteiger partial charge in [0.2, 0.25) is 5.89 Å². The average Bonchev–Trinajstić information content (AvgIpc) is 2.94. The highest BCUT2D eigenvalue weighted by atomic mass is 32.1. The van der Waals surface area contributed by atoms with Gasteiger partial charge in [0.25, 0.3) is 4.84 Å². The number of hydrogen-bond donors (Lipinski definition) is 1. The summed E-state index contributed by atoms with van der Waals surface area (Å²) < 4.78 is 7.41. The van der Waals surface area contributed by atoms with Crippen molar-refractivity contribution in [1.29, 1.82) is 0 Å². The molecule has 0 atom stereocenters. The van der Waals surface area contributed by atoms with E-state index in [1.165, 1.54) is 0 Å². The average molecular weight is 260 g/mol. The van der Waals surface area contributed by atoms with Crippen LogP contribution < -0.4 is 0 Å². The van der Waals surface area contributed by atoms with E-state index >= 15 is 0 Å². The van der Waals surface area contributed by atoms with Crippen molar-refractivity contribution in [3.63, 3.8) is 0 Å². The standard InChI is InChI=1S/C12H12N4OS/c1-2-10-13-8-5-3-4-6-9(8)16(10)7-11-14-15-12(18)17-11/h3-6H,2,7H2,1H3,(H,15,18). The smallest absolute Gasteiger partial charge is 0.284 e. The van der Waals surface area contributed by atoms with Crippen LogP contribution in [0.5, 0.6) is 0 Å². The van der Waals surface area contributed by atoms with Crippen LogP contribution in [0, 0.1) is 4.84 Å². The molecule has 0 radical (unpaired) electrons. The summed E-state index contributed by atoms with van der Waals surface area (Å²) in [7, 11) is 0. The van der Waals surface area contributed by atoms with Crippen molar-refractivity contribution in [2.75, 3.05) is 0 Å². The summed E-state index contributed by atoms with van der Waals surface area (Å²) in [5, 5.41) is 6.66. The molecule has 6 heteroatoms. The van der Waals surface area contributed by atoms with Crippen LogP contribution in [0.3, 0.4) is 0 Å². The largest absolute Gasteiger partial charge is 0.412 e. The minimum Gasteiger partial charge on any atom is -0.412 e. The van der Waals surface area contributed by atoms with Gasteiger partial charge in [-0.3, -0.25) is 0 Å². The number of aryl methyl sites for hydroxylation is 1. The maximum Gasteiger partial charge on any atom is 0.284 e. The third-order valence-electron chi connectivity index (χ3n) is 2.83. The summed E-state index contributed by atoms with van der Waals surface area (Å²) in [6, 6.07) is 8.04. The predicted molar refractivity (Wildman–Crippen MR) is 69.9 cm³/mol. The molecule has 18 heavy (non-hydrogen) atoms. The van der Waals surface area contributed by atoms with E-state index in [-0.39, 0.29) is 0 Å². The molecule has 0 amide bonds. The zero-order valence-electron chi connectivity index (χ0n) is 9.88. The molecular formula is C12H12N4OS. The molecule has 0 bridgehead atoms. The zero-order chi connectivity index (χ0) is 12.5. The molecule has 0 saturated carbocycles. The van der Waals surface area contributed by atoms with Crippen molar-refractivity contribution in [2.24, 2.45) is 0 Å². The lowest BCUT2D eigenvalue weighted by Crippen LogP contribution is -2.04. The molecule has 3 aromatic rings. The van der Waals surface area contributed by atoms with E-state index in [9.17, 15) is 0 Å². The number of rotatable bonds is 3. The van der Waals surface area contributed by atoms with Gasteiger partial charge < -0.3 is 8.98 Å². The third kappa shape index (κ3) is 1.84. The van der Waals surface area contributed by atoms with Crippen LogP contribution >= 0.6 is 12.2 Å². The minimum absolute atomic E-state index is 0.299. The number of hydrogen-bond acceptors (Lipinski definition) is 4. The van der Waals surface area contributed by atoms with Crippen LogP contribution in [0.4, 0.5) is 0 Å². The third-order valence-corrected chi connectivity index (χ3v) is 3.00. The molecule has 0 spiro atoms. The first-order valence-electron chi connectivity index (χ1n) is 5.76. The predicted octanol–water partition coefficient (Wildman–Crippen LogP) is 2.69. The van der Waals surface area contributed by atoms with Gasteiger partial charge in [0, 0.05) is 6.42 Å². The molecule has 2 aromatic heterocycles. The summed E-state index contributed by atoms with van der Waals surface area (Å²) in [5.74, 6) is 1.58. The van der Waals surface area contributed by atoms with Crippen LogP contribution in [0.25, 0.3) is 11.0 Å². The molecule has 0 saturated heterocycles. The van der Waals surface area contributed by atoms with Gasteiger partial charge in [0.1, 0.15) is 12.4 Å². The number of imidazole rings is 1. The Morgan fingerprint density at radius 1 is 1.39 bits per heavy atom. The topological polar surface area (TPSA) is 59.6 Å². The first-order chi connectivity index (χ1) is 8.78. The van der Waals surface area contributed by atoms with Gasteiger partial charge in [-0.1, -0.05) is 19.1 Å². The fraction of sp³-hybridized carbons (Fsp3) is 0.250. The Balaban J connectivity index is 2.11. The quantitative estimate of drug-likeness (QED) is 0.735. The zero-order valence-corrected chi connectivity index (χ0v) is 10.7. The van der Waals surface area contributed by atoms with Crippen molar-refractivity contribution >= 4 is 23.3 Å². The van der Waals surface area contributed by atoms with Crippen LogP contribution in [0.15, 0.2) is 28.7 Å². The van der Waals surface area contributed by atoms with E-state index in [4.69, 9.17) is 16.6 Å². The Morgan fingerprint density at radius 3 is 2.94 bits per heavy atom. The second-order valence-electron chi connectivity index (χ2n) is 3.96. The molecule has 0 aliphatic rings. The molecular weight excluding hydrogens is 248 g/mol. The molecule has 0 aliphatic heterocycles. The number of benzene rings is 1. The van der Waals surface area contributed by atoms with Gasteiger partial charge in [-0.25, -0.2) is 10.1 Å². The molecule has 5 nitrogen and oxygen atoms in total. The van der Waals surface area contributed by atoms with Crippen molar-refractivity contribution in [1.82, 2.24) is 19.7 Å². The molecule has 0 fully saturated rings. The Bertz CT molecular complexity index is 740. The molecule has 92 valence electrons. The van der Waals surface area contributed by atoms with E-state index in [1.807, 2.05) is 24.3 Å². The Labute approximate surface area is 108 Å². The number of aromatic amines is 1.